The lowest BCUT2D eigenvalue weighted by Crippen LogP contribution is -2.35. The molecular formula is C18H20ClF3N4OS. The average Bonchev–Trinajstić information content (AvgIpc) is 2.67. The maximum atomic E-state index is 12.7. The zero-order chi connectivity index (χ0) is 20.3. The maximum absolute atomic E-state index is 12.7. The van der Waals surface area contributed by atoms with Crippen molar-refractivity contribution in [3.05, 3.63) is 45.5 Å². The van der Waals surface area contributed by atoms with Crippen molar-refractivity contribution in [2.45, 2.75) is 50.1 Å². The fourth-order valence-electron chi connectivity index (χ4n) is 3.25. The number of alkyl halides is 3. The van der Waals surface area contributed by atoms with Crippen LogP contribution in [0.4, 0.5) is 18.9 Å². The number of anilines is 1. The van der Waals surface area contributed by atoms with Gasteiger partial charge in [0.05, 0.1) is 17.4 Å². The molecule has 1 aliphatic rings. The maximum Gasteiger partial charge on any atom is 0.417 e. The van der Waals surface area contributed by atoms with Gasteiger partial charge in [-0.3, -0.25) is 4.79 Å². The molecule has 2 aromatic heterocycles. The quantitative estimate of drug-likeness (QED) is 0.737. The molecule has 0 radical (unpaired) electrons. The van der Waals surface area contributed by atoms with Gasteiger partial charge in [0.2, 0.25) is 0 Å². The van der Waals surface area contributed by atoms with Gasteiger partial charge in [0, 0.05) is 17.5 Å². The van der Waals surface area contributed by atoms with E-state index in [0.29, 0.717) is 17.1 Å². The molecule has 0 amide bonds. The Labute approximate surface area is 169 Å². The largest absolute Gasteiger partial charge is 0.417 e. The molecule has 0 spiro atoms. The van der Waals surface area contributed by atoms with E-state index in [1.807, 2.05) is 11.8 Å². The van der Waals surface area contributed by atoms with Gasteiger partial charge < -0.3 is 5.32 Å². The molecule has 0 bridgehead atoms. The van der Waals surface area contributed by atoms with Crippen LogP contribution in [0.25, 0.3) is 5.82 Å². The van der Waals surface area contributed by atoms with Gasteiger partial charge >= 0.3 is 6.18 Å². The van der Waals surface area contributed by atoms with E-state index in [1.165, 1.54) is 12.6 Å². The lowest BCUT2D eigenvalue weighted by molar-refractivity contribution is -0.137. The van der Waals surface area contributed by atoms with Crippen LogP contribution in [0.2, 0.25) is 5.02 Å². The summed E-state index contributed by atoms with van der Waals surface area (Å²) in [6.45, 7) is 2.11. The second-order valence-electron chi connectivity index (χ2n) is 6.52. The van der Waals surface area contributed by atoms with E-state index in [4.69, 9.17) is 11.6 Å². The van der Waals surface area contributed by atoms with Crippen molar-refractivity contribution in [3.63, 3.8) is 0 Å². The Morgan fingerprint density at radius 3 is 2.68 bits per heavy atom. The van der Waals surface area contributed by atoms with Crippen LogP contribution in [-0.2, 0) is 6.18 Å². The summed E-state index contributed by atoms with van der Waals surface area (Å²) in [6, 6.07) is 2.14. The van der Waals surface area contributed by atoms with Gasteiger partial charge in [0.15, 0.2) is 5.82 Å². The number of rotatable bonds is 5. The summed E-state index contributed by atoms with van der Waals surface area (Å²) in [4.78, 5) is 16.3. The molecule has 10 heteroatoms. The first-order valence-corrected chi connectivity index (χ1v) is 10.4. The third kappa shape index (κ3) is 4.63. The Hall–Kier alpha value is -1.74. The van der Waals surface area contributed by atoms with Crippen molar-refractivity contribution in [2.75, 3.05) is 11.1 Å². The first-order valence-electron chi connectivity index (χ1n) is 9.01. The monoisotopic (exact) mass is 432 g/mol. The average molecular weight is 433 g/mol. The van der Waals surface area contributed by atoms with E-state index in [9.17, 15) is 18.0 Å². The fraction of sp³-hybridized carbons (Fsp3) is 0.500. The highest BCUT2D eigenvalue weighted by Gasteiger charge is 2.31. The van der Waals surface area contributed by atoms with E-state index >= 15 is 0 Å². The minimum absolute atomic E-state index is 0.0245. The van der Waals surface area contributed by atoms with E-state index in [-0.39, 0.29) is 16.9 Å². The first kappa shape index (κ1) is 21.0. The Morgan fingerprint density at radius 1 is 1.29 bits per heavy atom. The molecule has 1 N–H and O–H groups in total. The number of aromatic nitrogens is 3. The van der Waals surface area contributed by atoms with Crippen molar-refractivity contribution in [1.82, 2.24) is 14.8 Å². The lowest BCUT2D eigenvalue weighted by Gasteiger charge is -2.32. The number of nitrogens with one attached hydrogen (secondary N) is 1. The number of hydrogen-bond donors (Lipinski definition) is 1. The second kappa shape index (κ2) is 8.73. The zero-order valence-electron chi connectivity index (χ0n) is 15.2. The summed E-state index contributed by atoms with van der Waals surface area (Å²) in [7, 11) is 0. The molecule has 152 valence electrons. The summed E-state index contributed by atoms with van der Waals surface area (Å²) in [5, 5.41) is 7.76. The third-order valence-corrected chi connectivity index (χ3v) is 6.33. The van der Waals surface area contributed by atoms with Crippen LogP contribution >= 0.6 is 23.4 Å². The van der Waals surface area contributed by atoms with Crippen LogP contribution in [0.5, 0.6) is 0 Å². The van der Waals surface area contributed by atoms with Crippen molar-refractivity contribution >= 4 is 29.1 Å². The molecule has 2 heterocycles. The normalized spacial score (nSPS) is 20.2. The van der Waals surface area contributed by atoms with Gasteiger partial charge in [0.1, 0.15) is 5.02 Å². The highest BCUT2D eigenvalue weighted by Crippen LogP contribution is 2.32. The molecule has 1 aliphatic carbocycles. The van der Waals surface area contributed by atoms with Crippen molar-refractivity contribution in [3.8, 4) is 5.82 Å². The Bertz CT molecular complexity index is 871. The fourth-order valence-corrected chi connectivity index (χ4v) is 4.63. The molecule has 0 saturated heterocycles. The number of halogens is 4. The number of pyridine rings is 1. The van der Waals surface area contributed by atoms with Crippen LogP contribution < -0.4 is 10.9 Å². The predicted molar refractivity (Wildman–Crippen MR) is 105 cm³/mol. The third-order valence-electron chi connectivity index (χ3n) is 4.64. The number of hydrogen-bond acceptors (Lipinski definition) is 5. The van der Waals surface area contributed by atoms with E-state index in [0.717, 1.165) is 41.8 Å². The van der Waals surface area contributed by atoms with Gasteiger partial charge in [-0.1, -0.05) is 31.4 Å². The second-order valence-corrected chi connectivity index (χ2v) is 8.42. The van der Waals surface area contributed by atoms with Gasteiger partial charge in [-0.25, -0.2) is 4.98 Å². The van der Waals surface area contributed by atoms with Gasteiger partial charge in [-0.2, -0.15) is 34.7 Å². The van der Waals surface area contributed by atoms with E-state index < -0.39 is 17.3 Å². The SMILES string of the molecule is CCS[C@@H]1CCCC[C@@H]1Nc1cnn(-c2ccc(C(F)(F)F)cn2)c(=O)c1Cl. The summed E-state index contributed by atoms with van der Waals surface area (Å²) >= 11 is 8.13. The lowest BCUT2D eigenvalue weighted by atomic mass is 9.95. The topological polar surface area (TPSA) is 59.8 Å². The summed E-state index contributed by atoms with van der Waals surface area (Å²) in [6.07, 6.45) is 1.97. The van der Waals surface area contributed by atoms with Gasteiger partial charge in [0.25, 0.3) is 5.56 Å². The van der Waals surface area contributed by atoms with Crippen LogP contribution in [0.3, 0.4) is 0 Å². The van der Waals surface area contributed by atoms with Crippen molar-refractivity contribution < 1.29 is 13.2 Å². The smallest absolute Gasteiger partial charge is 0.379 e. The minimum atomic E-state index is -4.50. The standard InChI is InChI=1S/C18H20ClF3N4OS/c1-2-28-14-6-4-3-5-12(14)25-13-10-24-26(17(27)16(13)19)15-8-7-11(9-23-15)18(20,21)22/h7-10,12,14,25H,2-6H2,1H3/t12-,14+/m0/s1. The minimum Gasteiger partial charge on any atom is -0.379 e. The highest BCUT2D eigenvalue weighted by atomic mass is 35.5. The molecule has 2 atom stereocenters. The molecule has 1 saturated carbocycles. The Balaban J connectivity index is 1.84. The zero-order valence-corrected chi connectivity index (χ0v) is 16.7. The van der Waals surface area contributed by atoms with Crippen LogP contribution in [0, 0.1) is 0 Å². The van der Waals surface area contributed by atoms with Crippen molar-refractivity contribution in [2.24, 2.45) is 0 Å². The summed E-state index contributed by atoms with van der Waals surface area (Å²) in [5.41, 5.74) is -1.09. The van der Waals surface area contributed by atoms with Crippen molar-refractivity contribution in [1.29, 1.82) is 0 Å². The molecule has 2 aromatic rings. The predicted octanol–water partition coefficient (Wildman–Crippen LogP) is 4.78. The highest BCUT2D eigenvalue weighted by molar-refractivity contribution is 7.99. The molecule has 3 rings (SSSR count). The van der Waals surface area contributed by atoms with E-state index in [1.54, 1.807) is 0 Å². The first-order chi connectivity index (χ1) is 13.3. The van der Waals surface area contributed by atoms with Crippen LogP contribution in [-0.4, -0.2) is 31.8 Å². The van der Waals surface area contributed by atoms with E-state index in [2.05, 4.69) is 22.3 Å². The molecule has 0 aromatic carbocycles. The Morgan fingerprint density at radius 2 is 2.04 bits per heavy atom. The van der Waals surface area contributed by atoms with Gasteiger partial charge in [-0.15, -0.1) is 0 Å². The molecule has 5 nitrogen and oxygen atoms in total. The molecule has 0 aliphatic heterocycles. The molecule has 1 fully saturated rings. The molecule has 28 heavy (non-hydrogen) atoms. The summed E-state index contributed by atoms with van der Waals surface area (Å²) < 4.78 is 38.9. The molecule has 0 unspecified atom stereocenters. The van der Waals surface area contributed by atoms with Gasteiger partial charge in [-0.05, 0) is 30.7 Å². The summed E-state index contributed by atoms with van der Waals surface area (Å²) in [5.74, 6) is 0.985. The number of thioether (sulfide) groups is 1. The van der Waals surface area contributed by atoms with Crippen LogP contribution in [0.15, 0.2) is 29.3 Å². The van der Waals surface area contributed by atoms with Crippen LogP contribution in [0.1, 0.15) is 38.2 Å². The Kier molecular flexibility index (Phi) is 6.54. The number of nitrogens with zero attached hydrogens (tertiary/aromatic N) is 3. The molecular weight excluding hydrogens is 413 g/mol.